The van der Waals surface area contributed by atoms with Crippen LogP contribution in [-0.2, 0) is 27.8 Å². The predicted molar refractivity (Wildman–Crippen MR) is 95.1 cm³/mol. The molecule has 132 valence electrons. The molecule has 7 heteroatoms. The van der Waals surface area contributed by atoms with Gasteiger partial charge in [-0.1, -0.05) is 24.3 Å². The van der Waals surface area contributed by atoms with Crippen molar-refractivity contribution in [3.63, 3.8) is 0 Å². The number of benzene rings is 2. The summed E-state index contributed by atoms with van der Waals surface area (Å²) in [5.74, 6) is -0.904. The monoisotopic (exact) mass is 360 g/mol. The van der Waals surface area contributed by atoms with Crippen LogP contribution in [0.5, 0.6) is 0 Å². The molecule has 0 amide bonds. The Morgan fingerprint density at radius 1 is 1.16 bits per heavy atom. The van der Waals surface area contributed by atoms with Gasteiger partial charge in [0.15, 0.2) is 0 Å². The lowest BCUT2D eigenvalue weighted by molar-refractivity contribution is -0.139. The standard InChI is InChI=1S/C18H20N2O4S/c1-11-4-3-5-12(2)17(11)20-25(23,24)15-7-6-13-9-16(18(21)22)19-10-14(13)8-15/h3-8,16,19-20H,9-10H2,1-2H3,(H,21,22)/t16-/m0/s1. The summed E-state index contributed by atoms with van der Waals surface area (Å²) >= 11 is 0. The minimum absolute atomic E-state index is 0.171. The number of rotatable bonds is 4. The van der Waals surface area contributed by atoms with Gasteiger partial charge in [-0.05, 0) is 54.7 Å². The van der Waals surface area contributed by atoms with E-state index in [-0.39, 0.29) is 4.90 Å². The van der Waals surface area contributed by atoms with Gasteiger partial charge in [-0.2, -0.15) is 0 Å². The van der Waals surface area contributed by atoms with E-state index in [1.807, 2.05) is 32.0 Å². The second kappa shape index (κ2) is 6.50. The number of nitrogens with one attached hydrogen (secondary N) is 2. The van der Waals surface area contributed by atoms with E-state index in [1.54, 1.807) is 12.1 Å². The van der Waals surface area contributed by atoms with Crippen LogP contribution in [0.2, 0.25) is 0 Å². The second-order valence-corrected chi connectivity index (χ2v) is 7.96. The minimum Gasteiger partial charge on any atom is -0.480 e. The van der Waals surface area contributed by atoms with Crippen LogP contribution >= 0.6 is 0 Å². The number of fused-ring (bicyclic) bond motifs is 1. The van der Waals surface area contributed by atoms with Crippen LogP contribution in [0.3, 0.4) is 0 Å². The van der Waals surface area contributed by atoms with Crippen molar-refractivity contribution in [3.05, 3.63) is 58.7 Å². The van der Waals surface area contributed by atoms with Gasteiger partial charge < -0.3 is 10.4 Å². The van der Waals surface area contributed by atoms with E-state index in [0.29, 0.717) is 18.7 Å². The average Bonchev–Trinajstić information content (AvgIpc) is 2.57. The molecule has 6 nitrogen and oxygen atoms in total. The van der Waals surface area contributed by atoms with Crippen molar-refractivity contribution >= 4 is 21.7 Å². The van der Waals surface area contributed by atoms with Crippen molar-refractivity contribution < 1.29 is 18.3 Å². The first-order valence-electron chi connectivity index (χ1n) is 7.95. The van der Waals surface area contributed by atoms with Gasteiger partial charge in [0, 0.05) is 6.54 Å². The molecule has 2 aromatic carbocycles. The summed E-state index contributed by atoms with van der Waals surface area (Å²) in [6, 6.07) is 9.79. The topological polar surface area (TPSA) is 95.5 Å². The molecule has 0 spiro atoms. The summed E-state index contributed by atoms with van der Waals surface area (Å²) < 4.78 is 28.1. The Morgan fingerprint density at radius 2 is 1.84 bits per heavy atom. The molecule has 1 aliphatic heterocycles. The van der Waals surface area contributed by atoms with Crippen LogP contribution in [0.4, 0.5) is 5.69 Å². The maximum atomic E-state index is 12.7. The van der Waals surface area contributed by atoms with Crippen molar-refractivity contribution in [1.29, 1.82) is 0 Å². The summed E-state index contributed by atoms with van der Waals surface area (Å²) in [5.41, 5.74) is 3.96. The van der Waals surface area contributed by atoms with E-state index in [9.17, 15) is 13.2 Å². The fourth-order valence-electron chi connectivity index (χ4n) is 3.00. The lowest BCUT2D eigenvalue weighted by atomic mass is 9.96. The van der Waals surface area contributed by atoms with E-state index in [4.69, 9.17) is 5.11 Å². The van der Waals surface area contributed by atoms with Crippen molar-refractivity contribution in [2.45, 2.75) is 37.8 Å². The van der Waals surface area contributed by atoms with E-state index in [2.05, 4.69) is 10.0 Å². The Balaban J connectivity index is 1.90. The highest BCUT2D eigenvalue weighted by Gasteiger charge is 2.25. The van der Waals surface area contributed by atoms with Crippen molar-refractivity contribution in [3.8, 4) is 0 Å². The minimum atomic E-state index is -3.72. The van der Waals surface area contributed by atoms with Crippen LogP contribution < -0.4 is 10.0 Å². The molecule has 3 N–H and O–H groups in total. The van der Waals surface area contributed by atoms with Crippen molar-refractivity contribution in [2.75, 3.05) is 4.72 Å². The Labute approximate surface area is 146 Å². The molecule has 1 atom stereocenters. The zero-order valence-electron chi connectivity index (χ0n) is 14.0. The molecule has 0 saturated heterocycles. The number of sulfonamides is 1. The molecule has 0 bridgehead atoms. The van der Waals surface area contributed by atoms with Crippen LogP contribution in [0, 0.1) is 13.8 Å². The number of aliphatic carboxylic acids is 1. The summed E-state index contributed by atoms with van der Waals surface area (Å²) in [4.78, 5) is 11.3. The van der Waals surface area contributed by atoms with Gasteiger partial charge in [-0.15, -0.1) is 0 Å². The number of aryl methyl sites for hydroxylation is 2. The number of carboxylic acid groups (broad SMARTS) is 1. The maximum Gasteiger partial charge on any atom is 0.321 e. The maximum absolute atomic E-state index is 12.7. The third kappa shape index (κ3) is 3.52. The molecule has 0 saturated carbocycles. The molecule has 0 unspecified atom stereocenters. The van der Waals surface area contributed by atoms with E-state index >= 15 is 0 Å². The van der Waals surface area contributed by atoms with Crippen LogP contribution in [-0.4, -0.2) is 25.5 Å². The predicted octanol–water partition coefficient (Wildman–Crippen LogP) is 2.20. The first-order chi connectivity index (χ1) is 11.8. The molecule has 3 rings (SSSR count). The van der Waals surface area contributed by atoms with E-state index < -0.39 is 22.0 Å². The zero-order chi connectivity index (χ0) is 18.2. The number of hydrogen-bond acceptors (Lipinski definition) is 4. The SMILES string of the molecule is Cc1cccc(C)c1NS(=O)(=O)c1ccc2c(c1)CN[C@H](C(=O)O)C2. The average molecular weight is 360 g/mol. The normalized spacial score (nSPS) is 17.0. The number of para-hydroxylation sites is 1. The number of carbonyl (C=O) groups is 1. The van der Waals surface area contributed by atoms with Crippen molar-refractivity contribution in [1.82, 2.24) is 5.32 Å². The Kier molecular flexibility index (Phi) is 4.53. The Bertz CT molecular complexity index is 918. The van der Waals surface area contributed by atoms with Gasteiger partial charge in [-0.3, -0.25) is 9.52 Å². The molecular formula is C18H20N2O4S. The summed E-state index contributed by atoms with van der Waals surface area (Å²) in [6.07, 6.45) is 0.343. The van der Waals surface area contributed by atoms with Gasteiger partial charge in [0.1, 0.15) is 6.04 Å². The van der Waals surface area contributed by atoms with Crippen LogP contribution in [0.25, 0.3) is 0 Å². The Morgan fingerprint density at radius 3 is 2.48 bits per heavy atom. The Hall–Kier alpha value is -2.38. The molecule has 0 fully saturated rings. The van der Waals surface area contributed by atoms with Gasteiger partial charge in [0.05, 0.1) is 10.6 Å². The number of hydrogen-bond donors (Lipinski definition) is 3. The third-order valence-electron chi connectivity index (χ3n) is 4.47. The number of carboxylic acids is 1. The second-order valence-electron chi connectivity index (χ2n) is 6.28. The van der Waals surface area contributed by atoms with Gasteiger partial charge >= 0.3 is 5.97 Å². The van der Waals surface area contributed by atoms with Crippen LogP contribution in [0.1, 0.15) is 22.3 Å². The zero-order valence-corrected chi connectivity index (χ0v) is 14.9. The lowest BCUT2D eigenvalue weighted by Gasteiger charge is -2.23. The fourth-order valence-corrected chi connectivity index (χ4v) is 4.25. The molecule has 1 aliphatic rings. The van der Waals surface area contributed by atoms with Crippen LogP contribution in [0.15, 0.2) is 41.3 Å². The van der Waals surface area contributed by atoms with Gasteiger partial charge in [0.2, 0.25) is 0 Å². The van der Waals surface area contributed by atoms with Gasteiger partial charge in [-0.25, -0.2) is 8.42 Å². The summed E-state index contributed by atoms with van der Waals surface area (Å²) in [5, 5.41) is 12.0. The molecule has 2 aromatic rings. The molecule has 25 heavy (non-hydrogen) atoms. The third-order valence-corrected chi connectivity index (χ3v) is 5.81. The summed E-state index contributed by atoms with van der Waals surface area (Å²) in [6.45, 7) is 4.04. The quantitative estimate of drug-likeness (QED) is 0.777. The van der Waals surface area contributed by atoms with Crippen molar-refractivity contribution in [2.24, 2.45) is 0 Å². The molecule has 0 aromatic heterocycles. The fraction of sp³-hybridized carbons (Fsp3) is 0.278. The van der Waals surface area contributed by atoms with E-state index in [0.717, 1.165) is 22.3 Å². The lowest BCUT2D eigenvalue weighted by Crippen LogP contribution is -2.41. The van der Waals surface area contributed by atoms with Gasteiger partial charge in [0.25, 0.3) is 10.0 Å². The first-order valence-corrected chi connectivity index (χ1v) is 9.43. The highest BCUT2D eigenvalue weighted by atomic mass is 32.2. The largest absolute Gasteiger partial charge is 0.480 e. The smallest absolute Gasteiger partial charge is 0.321 e. The molecular weight excluding hydrogens is 340 g/mol. The molecule has 0 aliphatic carbocycles. The number of anilines is 1. The molecule has 0 radical (unpaired) electrons. The molecule has 1 heterocycles. The summed E-state index contributed by atoms with van der Waals surface area (Å²) in [7, 11) is -3.72. The van der Waals surface area contributed by atoms with E-state index in [1.165, 1.54) is 6.07 Å². The highest BCUT2D eigenvalue weighted by Crippen LogP contribution is 2.26. The highest BCUT2D eigenvalue weighted by molar-refractivity contribution is 7.92. The first kappa shape index (κ1) is 17.4.